The summed E-state index contributed by atoms with van der Waals surface area (Å²) in [6.45, 7) is 3.26. The van der Waals surface area contributed by atoms with Crippen molar-refractivity contribution in [3.63, 3.8) is 0 Å². The topological polar surface area (TPSA) is 37.3 Å². The van der Waals surface area contributed by atoms with E-state index < -0.39 is 5.97 Å². The van der Waals surface area contributed by atoms with E-state index in [4.69, 9.17) is 5.11 Å². The number of carbonyl (C=O) groups is 1. The molecule has 1 aliphatic rings. The minimum absolute atomic E-state index is 0.389. The molecule has 1 N–H and O–H groups in total. The van der Waals surface area contributed by atoms with Gasteiger partial charge in [-0.25, -0.2) is 4.79 Å². The van der Waals surface area contributed by atoms with Crippen LogP contribution in [-0.4, -0.2) is 11.1 Å². The van der Waals surface area contributed by atoms with E-state index in [1.54, 1.807) is 19.9 Å². The Hall–Kier alpha value is -1.31. The van der Waals surface area contributed by atoms with Crippen LogP contribution in [0.25, 0.3) is 0 Å². The largest absolute Gasteiger partial charge is 0.478 e. The van der Waals surface area contributed by atoms with Gasteiger partial charge in [-0.1, -0.05) is 30.4 Å². The first-order valence-electron chi connectivity index (χ1n) is 3.86. The summed E-state index contributed by atoms with van der Waals surface area (Å²) in [5, 5.41) is 8.11. The highest BCUT2D eigenvalue weighted by Gasteiger charge is 1.93. The summed E-state index contributed by atoms with van der Waals surface area (Å²) in [5.41, 5.74) is 0.389. The van der Waals surface area contributed by atoms with Crippen molar-refractivity contribution in [1.29, 1.82) is 0 Å². The van der Waals surface area contributed by atoms with Crippen molar-refractivity contribution in [3.05, 3.63) is 36.0 Å². The van der Waals surface area contributed by atoms with Crippen LogP contribution < -0.4 is 0 Å². The molecule has 1 rings (SSSR count). The van der Waals surface area contributed by atoms with E-state index in [0.29, 0.717) is 5.57 Å². The van der Waals surface area contributed by atoms with Crippen molar-refractivity contribution < 1.29 is 9.90 Å². The zero-order valence-electron chi connectivity index (χ0n) is 7.45. The van der Waals surface area contributed by atoms with E-state index in [0.717, 1.165) is 6.42 Å². The van der Waals surface area contributed by atoms with E-state index in [1.807, 2.05) is 0 Å². The van der Waals surface area contributed by atoms with Crippen LogP contribution in [0.5, 0.6) is 0 Å². The lowest BCUT2D eigenvalue weighted by Crippen LogP contribution is -1.93. The molecule has 12 heavy (non-hydrogen) atoms. The molecule has 66 valence electrons. The van der Waals surface area contributed by atoms with Gasteiger partial charge in [0.05, 0.1) is 0 Å². The molecule has 0 saturated carbocycles. The highest BCUT2D eigenvalue weighted by atomic mass is 16.4. The first kappa shape index (κ1) is 10.7. The maximum Gasteiger partial charge on any atom is 0.330 e. The van der Waals surface area contributed by atoms with Gasteiger partial charge in [0.15, 0.2) is 0 Å². The van der Waals surface area contributed by atoms with Crippen molar-refractivity contribution >= 4 is 5.97 Å². The van der Waals surface area contributed by atoms with Gasteiger partial charge in [-0.3, -0.25) is 0 Å². The lowest BCUT2D eigenvalue weighted by Gasteiger charge is -1.84. The quantitative estimate of drug-likeness (QED) is 0.608. The Labute approximate surface area is 72.9 Å². The Morgan fingerprint density at radius 3 is 2.00 bits per heavy atom. The molecule has 0 atom stereocenters. The molecular formula is C10H14O2. The fraction of sp³-hybridized carbons (Fsp3) is 0.300. The van der Waals surface area contributed by atoms with Gasteiger partial charge in [0.25, 0.3) is 0 Å². The van der Waals surface area contributed by atoms with Gasteiger partial charge in [0.2, 0.25) is 0 Å². The van der Waals surface area contributed by atoms with Crippen LogP contribution in [0.4, 0.5) is 0 Å². The summed E-state index contributed by atoms with van der Waals surface area (Å²) in [7, 11) is 0. The van der Waals surface area contributed by atoms with Crippen LogP contribution in [0.15, 0.2) is 36.0 Å². The summed E-state index contributed by atoms with van der Waals surface area (Å²) >= 11 is 0. The second kappa shape index (κ2) is 6.40. The lowest BCUT2D eigenvalue weighted by atomic mass is 10.3. The average Bonchev–Trinajstić information content (AvgIpc) is 2.59. The van der Waals surface area contributed by atoms with Gasteiger partial charge in [-0.05, 0) is 20.3 Å². The highest BCUT2D eigenvalue weighted by Crippen LogP contribution is 1.93. The van der Waals surface area contributed by atoms with E-state index in [-0.39, 0.29) is 0 Å². The van der Waals surface area contributed by atoms with Crippen LogP contribution in [0.3, 0.4) is 0 Å². The number of carboxylic acid groups (broad SMARTS) is 1. The molecule has 0 unspecified atom stereocenters. The molecule has 0 saturated heterocycles. The predicted octanol–water partition coefficient (Wildman–Crippen LogP) is 2.54. The maximum absolute atomic E-state index is 9.86. The first-order chi connectivity index (χ1) is 5.68. The maximum atomic E-state index is 9.86. The zero-order valence-corrected chi connectivity index (χ0v) is 7.45. The summed E-state index contributed by atoms with van der Waals surface area (Å²) in [6, 6.07) is 0. The predicted molar refractivity (Wildman–Crippen MR) is 50.0 cm³/mol. The normalized spacial score (nSPS) is 14.0. The Morgan fingerprint density at radius 1 is 1.42 bits per heavy atom. The second-order valence-electron chi connectivity index (χ2n) is 2.37. The van der Waals surface area contributed by atoms with E-state index >= 15 is 0 Å². The highest BCUT2D eigenvalue weighted by molar-refractivity contribution is 5.85. The SMILES string of the molecule is C1=CCC=C1.CC=C(C)C(=O)O. The van der Waals surface area contributed by atoms with E-state index in [2.05, 4.69) is 24.3 Å². The number of hydrogen-bond acceptors (Lipinski definition) is 1. The van der Waals surface area contributed by atoms with Crippen LogP contribution in [0, 0.1) is 0 Å². The standard InChI is InChI=1S/C5H8O2.C5H6/c1-3-4(2)5(6)7;1-2-4-5-3-1/h3H,1-2H3,(H,6,7);1-4H,5H2. The Bertz CT molecular complexity index is 212. The average molecular weight is 166 g/mol. The first-order valence-corrected chi connectivity index (χ1v) is 3.86. The van der Waals surface area contributed by atoms with Crippen molar-refractivity contribution in [2.24, 2.45) is 0 Å². The molecule has 0 aliphatic heterocycles. The monoisotopic (exact) mass is 166 g/mol. The third-order valence-electron chi connectivity index (χ3n) is 1.43. The van der Waals surface area contributed by atoms with Crippen molar-refractivity contribution in [2.75, 3.05) is 0 Å². The molecule has 1 aliphatic carbocycles. The number of hydrogen-bond donors (Lipinski definition) is 1. The minimum atomic E-state index is -0.845. The molecule has 0 aromatic heterocycles. The van der Waals surface area contributed by atoms with Crippen molar-refractivity contribution in [2.45, 2.75) is 20.3 Å². The fourth-order valence-corrected chi connectivity index (χ4v) is 0.516. The molecule has 0 radical (unpaired) electrons. The van der Waals surface area contributed by atoms with Crippen molar-refractivity contribution in [3.8, 4) is 0 Å². The molecule has 2 heteroatoms. The molecule has 0 bridgehead atoms. The van der Waals surface area contributed by atoms with Gasteiger partial charge in [0.1, 0.15) is 0 Å². The molecule has 2 nitrogen and oxygen atoms in total. The lowest BCUT2D eigenvalue weighted by molar-refractivity contribution is -0.132. The van der Waals surface area contributed by atoms with Crippen LogP contribution in [0.2, 0.25) is 0 Å². The fourth-order valence-electron chi connectivity index (χ4n) is 0.516. The summed E-state index contributed by atoms with van der Waals surface area (Å²) in [5.74, 6) is -0.845. The smallest absolute Gasteiger partial charge is 0.330 e. The molecule has 0 aromatic rings. The Morgan fingerprint density at radius 2 is 1.92 bits per heavy atom. The molecule has 0 aromatic carbocycles. The molecule has 0 spiro atoms. The Balaban J connectivity index is 0.000000211. The summed E-state index contributed by atoms with van der Waals surface area (Å²) < 4.78 is 0. The van der Waals surface area contributed by atoms with Gasteiger partial charge < -0.3 is 5.11 Å². The molecular weight excluding hydrogens is 152 g/mol. The van der Waals surface area contributed by atoms with Gasteiger partial charge >= 0.3 is 5.97 Å². The minimum Gasteiger partial charge on any atom is -0.478 e. The molecule has 0 fully saturated rings. The summed E-state index contributed by atoms with van der Waals surface area (Å²) in [6.07, 6.45) is 11.1. The van der Waals surface area contributed by atoms with E-state index in [1.165, 1.54) is 0 Å². The number of rotatable bonds is 1. The van der Waals surface area contributed by atoms with E-state index in [9.17, 15) is 4.79 Å². The number of aliphatic carboxylic acids is 1. The molecule has 0 heterocycles. The summed E-state index contributed by atoms with van der Waals surface area (Å²) in [4.78, 5) is 9.86. The van der Waals surface area contributed by atoms with Crippen LogP contribution in [-0.2, 0) is 4.79 Å². The van der Waals surface area contributed by atoms with Crippen molar-refractivity contribution in [1.82, 2.24) is 0 Å². The van der Waals surface area contributed by atoms with Gasteiger partial charge in [0, 0.05) is 5.57 Å². The number of carboxylic acids is 1. The van der Waals surface area contributed by atoms with Crippen LogP contribution >= 0.6 is 0 Å². The van der Waals surface area contributed by atoms with Crippen LogP contribution in [0.1, 0.15) is 20.3 Å². The zero-order chi connectivity index (χ0) is 9.40. The van der Waals surface area contributed by atoms with Gasteiger partial charge in [-0.15, -0.1) is 0 Å². The second-order valence-corrected chi connectivity index (χ2v) is 2.37. The Kier molecular flexibility index (Phi) is 5.70. The third kappa shape index (κ3) is 5.47. The number of allylic oxidation sites excluding steroid dienone is 5. The molecule has 0 amide bonds. The van der Waals surface area contributed by atoms with Gasteiger partial charge in [-0.2, -0.15) is 0 Å². The third-order valence-corrected chi connectivity index (χ3v) is 1.43.